The molecule has 0 aliphatic heterocycles. The Morgan fingerprint density at radius 2 is 1.75 bits per heavy atom. The number of aryl methyl sites for hydroxylation is 2. The van der Waals surface area contributed by atoms with Crippen molar-refractivity contribution in [1.82, 2.24) is 4.31 Å². The Morgan fingerprint density at radius 1 is 1.25 bits per heavy atom. The van der Waals surface area contributed by atoms with Gasteiger partial charge >= 0.3 is 0 Å². The predicted molar refractivity (Wildman–Crippen MR) is 78.6 cm³/mol. The van der Waals surface area contributed by atoms with Gasteiger partial charge in [0.1, 0.15) is 5.82 Å². The summed E-state index contributed by atoms with van der Waals surface area (Å²) in [5.41, 5.74) is 6.33. The average molecular weight is 302 g/mol. The van der Waals surface area contributed by atoms with E-state index in [0.29, 0.717) is 30.6 Å². The number of hydrogen-bond acceptors (Lipinski definition) is 3. The minimum atomic E-state index is -3.64. The van der Waals surface area contributed by atoms with Crippen molar-refractivity contribution < 1.29 is 12.8 Å². The van der Waals surface area contributed by atoms with Gasteiger partial charge in [0, 0.05) is 12.6 Å². The lowest BCUT2D eigenvalue weighted by atomic mass is 10.1. The first-order valence-corrected chi connectivity index (χ1v) is 8.14. The Kier molecular flexibility index (Phi) is 5.68. The van der Waals surface area contributed by atoms with Gasteiger partial charge in [0.25, 0.3) is 0 Å². The molecular formula is C14H23FN2O2S. The molecule has 4 nitrogen and oxygen atoms in total. The molecule has 0 bridgehead atoms. The van der Waals surface area contributed by atoms with Crippen molar-refractivity contribution in [3.8, 4) is 0 Å². The Hall–Kier alpha value is -0.980. The third-order valence-corrected chi connectivity index (χ3v) is 5.53. The van der Waals surface area contributed by atoms with Crippen LogP contribution in [0, 0.1) is 19.7 Å². The molecule has 0 aliphatic rings. The van der Waals surface area contributed by atoms with Gasteiger partial charge < -0.3 is 5.73 Å². The normalized spacial score (nSPS) is 12.4. The summed E-state index contributed by atoms with van der Waals surface area (Å²) in [6.07, 6.45) is 0.594. The van der Waals surface area contributed by atoms with E-state index >= 15 is 0 Å². The molecule has 114 valence electrons. The third kappa shape index (κ3) is 3.56. The van der Waals surface area contributed by atoms with Gasteiger partial charge in [0.05, 0.1) is 4.90 Å². The second-order valence-electron chi connectivity index (χ2n) is 5.22. The standard InChI is InChI=1S/C14H23FN2O2S/c1-10(2)17(7-5-6-16)20(18,19)14-11(3)8-13(15)9-12(14)4/h8-10H,5-7,16H2,1-4H3. The van der Waals surface area contributed by atoms with Crippen LogP contribution in [-0.2, 0) is 10.0 Å². The molecule has 0 amide bonds. The Bertz CT molecular complexity index is 548. The zero-order valence-electron chi connectivity index (χ0n) is 12.5. The lowest BCUT2D eigenvalue weighted by Crippen LogP contribution is -2.39. The molecule has 1 rings (SSSR count). The van der Waals surface area contributed by atoms with Crippen molar-refractivity contribution in [1.29, 1.82) is 0 Å². The molecule has 2 N–H and O–H groups in total. The molecule has 20 heavy (non-hydrogen) atoms. The number of nitrogens with two attached hydrogens (primary N) is 1. The SMILES string of the molecule is Cc1cc(F)cc(C)c1S(=O)(=O)N(CCCN)C(C)C. The average Bonchev–Trinajstić information content (AvgIpc) is 2.26. The minimum absolute atomic E-state index is 0.171. The number of benzene rings is 1. The molecule has 1 aromatic rings. The summed E-state index contributed by atoms with van der Waals surface area (Å²) in [6.45, 7) is 7.67. The highest BCUT2D eigenvalue weighted by Crippen LogP contribution is 2.26. The smallest absolute Gasteiger partial charge is 0.243 e. The van der Waals surface area contributed by atoms with E-state index in [1.54, 1.807) is 13.8 Å². The highest BCUT2D eigenvalue weighted by atomic mass is 32.2. The van der Waals surface area contributed by atoms with Crippen LogP contribution in [0.2, 0.25) is 0 Å². The van der Waals surface area contributed by atoms with Gasteiger partial charge in [0.2, 0.25) is 10.0 Å². The lowest BCUT2D eigenvalue weighted by Gasteiger charge is -2.27. The van der Waals surface area contributed by atoms with E-state index in [4.69, 9.17) is 5.73 Å². The molecule has 0 saturated heterocycles. The van der Waals surface area contributed by atoms with Gasteiger partial charge in [-0.25, -0.2) is 12.8 Å². The third-order valence-electron chi connectivity index (χ3n) is 3.15. The van der Waals surface area contributed by atoms with Crippen LogP contribution in [0.5, 0.6) is 0 Å². The fourth-order valence-electron chi connectivity index (χ4n) is 2.32. The van der Waals surface area contributed by atoms with Crippen molar-refractivity contribution >= 4 is 10.0 Å². The molecule has 0 fully saturated rings. The number of hydrogen-bond donors (Lipinski definition) is 1. The predicted octanol–water partition coefficient (Wildman–Crippen LogP) is 2.19. The van der Waals surface area contributed by atoms with Crippen molar-refractivity contribution in [2.75, 3.05) is 13.1 Å². The van der Waals surface area contributed by atoms with Gasteiger partial charge in [-0.3, -0.25) is 0 Å². The quantitative estimate of drug-likeness (QED) is 0.876. The largest absolute Gasteiger partial charge is 0.330 e. The Morgan fingerprint density at radius 3 is 2.15 bits per heavy atom. The van der Waals surface area contributed by atoms with Crippen LogP contribution in [-0.4, -0.2) is 31.9 Å². The highest BCUT2D eigenvalue weighted by Gasteiger charge is 2.29. The van der Waals surface area contributed by atoms with Crippen molar-refractivity contribution in [2.24, 2.45) is 5.73 Å². The zero-order valence-corrected chi connectivity index (χ0v) is 13.3. The number of sulfonamides is 1. The van der Waals surface area contributed by atoms with Crippen LogP contribution in [0.3, 0.4) is 0 Å². The van der Waals surface area contributed by atoms with Crippen LogP contribution in [0.25, 0.3) is 0 Å². The molecule has 1 aromatic carbocycles. The molecule has 0 unspecified atom stereocenters. The van der Waals surface area contributed by atoms with E-state index in [0.717, 1.165) is 0 Å². The summed E-state index contributed by atoms with van der Waals surface area (Å²) in [6, 6.07) is 2.33. The molecule has 0 radical (unpaired) electrons. The van der Waals surface area contributed by atoms with Crippen LogP contribution in [0.15, 0.2) is 17.0 Å². The molecule has 0 atom stereocenters. The maximum Gasteiger partial charge on any atom is 0.243 e. The fourth-order valence-corrected chi connectivity index (χ4v) is 4.42. The van der Waals surface area contributed by atoms with Crippen LogP contribution < -0.4 is 5.73 Å². The topological polar surface area (TPSA) is 63.4 Å². The summed E-state index contributed by atoms with van der Waals surface area (Å²) >= 11 is 0. The molecular weight excluding hydrogens is 279 g/mol. The van der Waals surface area contributed by atoms with Gasteiger partial charge in [-0.1, -0.05) is 0 Å². The maximum atomic E-state index is 13.3. The van der Waals surface area contributed by atoms with Gasteiger partial charge in [-0.05, 0) is 63.9 Å². The zero-order chi connectivity index (χ0) is 15.5. The first kappa shape index (κ1) is 17.1. The summed E-state index contributed by atoms with van der Waals surface area (Å²) in [4.78, 5) is 0.199. The van der Waals surface area contributed by atoms with E-state index in [2.05, 4.69) is 0 Å². The number of halogens is 1. The van der Waals surface area contributed by atoms with Crippen molar-refractivity contribution in [2.45, 2.75) is 45.1 Å². The van der Waals surface area contributed by atoms with Crippen molar-refractivity contribution in [3.05, 3.63) is 29.1 Å². The first-order valence-electron chi connectivity index (χ1n) is 6.70. The number of nitrogens with zero attached hydrogens (tertiary/aromatic N) is 1. The summed E-state index contributed by atoms with van der Waals surface area (Å²) in [7, 11) is -3.64. The summed E-state index contributed by atoms with van der Waals surface area (Å²) in [5.74, 6) is -0.419. The van der Waals surface area contributed by atoms with Gasteiger partial charge in [-0.2, -0.15) is 4.31 Å². The molecule has 0 aliphatic carbocycles. The van der Waals surface area contributed by atoms with E-state index in [1.807, 2.05) is 13.8 Å². The summed E-state index contributed by atoms with van der Waals surface area (Å²) in [5, 5.41) is 0. The number of rotatable bonds is 6. The molecule has 0 saturated carbocycles. The van der Waals surface area contributed by atoms with E-state index in [1.165, 1.54) is 16.4 Å². The Labute approximate surface area is 120 Å². The van der Waals surface area contributed by atoms with E-state index in [9.17, 15) is 12.8 Å². The van der Waals surface area contributed by atoms with Crippen molar-refractivity contribution in [3.63, 3.8) is 0 Å². The van der Waals surface area contributed by atoms with Crippen LogP contribution in [0.4, 0.5) is 4.39 Å². The molecule has 0 heterocycles. The fraction of sp³-hybridized carbons (Fsp3) is 0.571. The molecule has 6 heteroatoms. The summed E-state index contributed by atoms with van der Waals surface area (Å²) < 4.78 is 40.3. The van der Waals surface area contributed by atoms with Crippen LogP contribution >= 0.6 is 0 Å². The highest BCUT2D eigenvalue weighted by molar-refractivity contribution is 7.89. The second-order valence-corrected chi connectivity index (χ2v) is 7.05. The second kappa shape index (κ2) is 6.65. The van der Waals surface area contributed by atoms with E-state index < -0.39 is 15.8 Å². The minimum Gasteiger partial charge on any atom is -0.330 e. The monoisotopic (exact) mass is 302 g/mol. The molecule has 0 aromatic heterocycles. The van der Waals surface area contributed by atoms with E-state index in [-0.39, 0.29) is 10.9 Å². The maximum absolute atomic E-state index is 13.3. The Balaban J connectivity index is 3.34. The lowest BCUT2D eigenvalue weighted by molar-refractivity contribution is 0.350. The van der Waals surface area contributed by atoms with Crippen LogP contribution in [0.1, 0.15) is 31.4 Å². The first-order chi connectivity index (χ1) is 9.21. The van der Waals surface area contributed by atoms with Gasteiger partial charge in [-0.15, -0.1) is 0 Å². The van der Waals surface area contributed by atoms with Gasteiger partial charge in [0.15, 0.2) is 0 Å². The molecule has 0 spiro atoms.